The van der Waals surface area contributed by atoms with Crippen molar-refractivity contribution in [1.82, 2.24) is 0 Å². The van der Waals surface area contributed by atoms with Gasteiger partial charge in [0, 0.05) is 23.3 Å². The zero-order valence-electron chi connectivity index (χ0n) is 13.1. The fourth-order valence-corrected chi connectivity index (χ4v) is 2.04. The summed E-state index contributed by atoms with van der Waals surface area (Å²) in [4.78, 5) is 12.1. The van der Waals surface area contributed by atoms with Crippen molar-refractivity contribution in [1.29, 1.82) is 5.26 Å². The second-order valence-electron chi connectivity index (χ2n) is 5.21. The van der Waals surface area contributed by atoms with E-state index in [0.717, 1.165) is 16.8 Å². The van der Waals surface area contributed by atoms with Gasteiger partial charge in [0.1, 0.15) is 11.6 Å². The van der Waals surface area contributed by atoms with E-state index in [-0.39, 0.29) is 5.57 Å². The number of nitrogen functional groups attached to an aromatic ring is 1. The Bertz CT molecular complexity index is 786. The van der Waals surface area contributed by atoms with Crippen molar-refractivity contribution in [2.75, 3.05) is 16.4 Å². The fraction of sp³-hybridized carbons (Fsp3) is 0.111. The van der Waals surface area contributed by atoms with E-state index in [1.165, 1.54) is 6.20 Å². The maximum absolute atomic E-state index is 12.1. The van der Waals surface area contributed by atoms with E-state index in [0.29, 0.717) is 11.4 Å². The minimum atomic E-state index is -0.477. The fourth-order valence-electron chi connectivity index (χ4n) is 2.04. The van der Waals surface area contributed by atoms with Crippen molar-refractivity contribution in [2.24, 2.45) is 0 Å². The Morgan fingerprint density at radius 3 is 2.48 bits per heavy atom. The molecule has 23 heavy (non-hydrogen) atoms. The van der Waals surface area contributed by atoms with Crippen molar-refractivity contribution in [2.45, 2.75) is 13.8 Å². The Balaban J connectivity index is 2.10. The zero-order chi connectivity index (χ0) is 16.8. The van der Waals surface area contributed by atoms with Crippen LogP contribution in [0.4, 0.5) is 17.1 Å². The van der Waals surface area contributed by atoms with Gasteiger partial charge in [0.05, 0.1) is 0 Å². The third-order valence-electron chi connectivity index (χ3n) is 3.29. The van der Waals surface area contributed by atoms with E-state index in [9.17, 15) is 10.1 Å². The monoisotopic (exact) mass is 306 g/mol. The van der Waals surface area contributed by atoms with Crippen LogP contribution in [0.15, 0.2) is 54.2 Å². The summed E-state index contributed by atoms with van der Waals surface area (Å²) in [6.07, 6.45) is 1.41. The summed E-state index contributed by atoms with van der Waals surface area (Å²) in [6.45, 7) is 3.97. The molecule has 0 aliphatic heterocycles. The van der Waals surface area contributed by atoms with Gasteiger partial charge < -0.3 is 16.4 Å². The van der Waals surface area contributed by atoms with Crippen LogP contribution in [-0.2, 0) is 4.79 Å². The molecule has 0 fully saturated rings. The lowest BCUT2D eigenvalue weighted by molar-refractivity contribution is -0.112. The number of carbonyl (C=O) groups excluding carboxylic acids is 1. The smallest absolute Gasteiger partial charge is 0.267 e. The first-order valence-corrected chi connectivity index (χ1v) is 7.10. The molecular weight excluding hydrogens is 288 g/mol. The highest BCUT2D eigenvalue weighted by atomic mass is 16.1. The molecule has 0 heterocycles. The van der Waals surface area contributed by atoms with Crippen LogP contribution in [0.25, 0.3) is 0 Å². The van der Waals surface area contributed by atoms with Crippen molar-refractivity contribution in [3.8, 4) is 6.07 Å². The molecule has 5 nitrogen and oxygen atoms in total. The van der Waals surface area contributed by atoms with E-state index in [1.54, 1.807) is 24.3 Å². The van der Waals surface area contributed by atoms with Gasteiger partial charge in [0.2, 0.25) is 0 Å². The Hall–Kier alpha value is -3.26. The number of amides is 1. The molecule has 1 amide bonds. The first-order chi connectivity index (χ1) is 11.0. The molecule has 116 valence electrons. The molecule has 0 atom stereocenters. The summed E-state index contributed by atoms with van der Waals surface area (Å²) in [6, 6.07) is 14.5. The Kier molecular flexibility index (Phi) is 5.00. The van der Waals surface area contributed by atoms with Gasteiger partial charge in [-0.3, -0.25) is 4.79 Å². The number of hydrogen-bond donors (Lipinski definition) is 3. The predicted octanol–water partition coefficient (Wildman–Crippen LogP) is 3.34. The van der Waals surface area contributed by atoms with Gasteiger partial charge in [-0.05, 0) is 49.7 Å². The minimum Gasteiger partial charge on any atom is -0.399 e. The summed E-state index contributed by atoms with van der Waals surface area (Å²) in [7, 11) is 0. The van der Waals surface area contributed by atoms with Gasteiger partial charge in [0.15, 0.2) is 0 Å². The quantitative estimate of drug-likeness (QED) is 0.459. The van der Waals surface area contributed by atoms with Gasteiger partial charge in [-0.15, -0.1) is 0 Å². The molecule has 0 aliphatic rings. The predicted molar refractivity (Wildman–Crippen MR) is 92.7 cm³/mol. The van der Waals surface area contributed by atoms with Crippen LogP contribution >= 0.6 is 0 Å². The average Bonchev–Trinajstić information content (AvgIpc) is 2.52. The number of nitrogens with zero attached hydrogens (tertiary/aromatic N) is 1. The second-order valence-corrected chi connectivity index (χ2v) is 5.21. The molecule has 0 aliphatic carbocycles. The van der Waals surface area contributed by atoms with E-state index in [2.05, 4.69) is 10.6 Å². The number of carbonyl (C=O) groups is 1. The first-order valence-electron chi connectivity index (χ1n) is 7.10. The molecule has 0 spiro atoms. The number of benzene rings is 2. The van der Waals surface area contributed by atoms with Crippen LogP contribution in [0.1, 0.15) is 11.1 Å². The molecule has 2 aromatic carbocycles. The number of nitrogens with two attached hydrogens (primary N) is 1. The van der Waals surface area contributed by atoms with Crippen molar-refractivity contribution in [3.05, 3.63) is 65.4 Å². The molecule has 5 heteroatoms. The lowest BCUT2D eigenvalue weighted by atomic mass is 10.1. The second kappa shape index (κ2) is 7.14. The van der Waals surface area contributed by atoms with Crippen LogP contribution in [-0.4, -0.2) is 5.91 Å². The highest BCUT2D eigenvalue weighted by molar-refractivity contribution is 6.06. The summed E-state index contributed by atoms with van der Waals surface area (Å²) in [5.74, 6) is -0.477. The highest BCUT2D eigenvalue weighted by Crippen LogP contribution is 2.17. The van der Waals surface area contributed by atoms with Crippen LogP contribution in [0.5, 0.6) is 0 Å². The van der Waals surface area contributed by atoms with E-state index in [4.69, 9.17) is 5.73 Å². The van der Waals surface area contributed by atoms with Crippen LogP contribution in [0.2, 0.25) is 0 Å². The van der Waals surface area contributed by atoms with Crippen molar-refractivity contribution < 1.29 is 4.79 Å². The van der Waals surface area contributed by atoms with Gasteiger partial charge in [-0.2, -0.15) is 5.26 Å². The highest BCUT2D eigenvalue weighted by Gasteiger charge is 2.09. The summed E-state index contributed by atoms with van der Waals surface area (Å²) < 4.78 is 0. The summed E-state index contributed by atoms with van der Waals surface area (Å²) in [5, 5.41) is 14.8. The SMILES string of the molecule is Cc1ccc(N/C=C(/C#N)C(=O)Nc2ccc(N)cc2)c(C)c1. The van der Waals surface area contributed by atoms with E-state index in [1.807, 2.05) is 38.1 Å². The lowest BCUT2D eigenvalue weighted by Crippen LogP contribution is -2.14. The lowest BCUT2D eigenvalue weighted by Gasteiger charge is -2.08. The Morgan fingerprint density at radius 1 is 1.17 bits per heavy atom. The van der Waals surface area contributed by atoms with Gasteiger partial charge in [-0.1, -0.05) is 17.7 Å². The number of nitrogens with one attached hydrogen (secondary N) is 2. The molecule has 0 aromatic heterocycles. The first kappa shape index (κ1) is 16.1. The zero-order valence-corrected chi connectivity index (χ0v) is 13.1. The maximum Gasteiger partial charge on any atom is 0.267 e. The topological polar surface area (TPSA) is 90.9 Å². The minimum absolute atomic E-state index is 0.0122. The average molecular weight is 306 g/mol. The molecule has 4 N–H and O–H groups in total. The number of nitriles is 1. The summed E-state index contributed by atoms with van der Waals surface area (Å²) in [5.41, 5.74) is 9.81. The van der Waals surface area contributed by atoms with Crippen molar-refractivity contribution in [3.63, 3.8) is 0 Å². The van der Waals surface area contributed by atoms with E-state index >= 15 is 0 Å². The Morgan fingerprint density at radius 2 is 1.87 bits per heavy atom. The molecule has 0 bridgehead atoms. The van der Waals surface area contributed by atoms with Crippen LogP contribution in [0.3, 0.4) is 0 Å². The molecule has 0 unspecified atom stereocenters. The molecule has 0 saturated heterocycles. The molecule has 2 rings (SSSR count). The molecular formula is C18H18N4O. The van der Waals surface area contributed by atoms with Crippen molar-refractivity contribution >= 4 is 23.0 Å². The molecule has 2 aromatic rings. The molecule has 0 radical (unpaired) electrons. The number of aryl methyl sites for hydroxylation is 2. The molecule has 0 saturated carbocycles. The van der Waals surface area contributed by atoms with Gasteiger partial charge >= 0.3 is 0 Å². The number of hydrogen-bond acceptors (Lipinski definition) is 4. The third kappa shape index (κ3) is 4.35. The van der Waals surface area contributed by atoms with E-state index < -0.39 is 5.91 Å². The van der Waals surface area contributed by atoms with Crippen LogP contribution in [0, 0.1) is 25.2 Å². The third-order valence-corrected chi connectivity index (χ3v) is 3.29. The Labute approximate surface area is 135 Å². The number of rotatable bonds is 4. The normalized spacial score (nSPS) is 10.7. The standard InChI is InChI=1S/C18H18N4O/c1-12-3-8-17(13(2)9-12)21-11-14(10-19)18(23)22-16-6-4-15(20)5-7-16/h3-9,11,21H,20H2,1-2H3,(H,22,23)/b14-11-. The largest absolute Gasteiger partial charge is 0.399 e. The summed E-state index contributed by atoms with van der Waals surface area (Å²) >= 11 is 0. The van der Waals surface area contributed by atoms with Gasteiger partial charge in [0.25, 0.3) is 5.91 Å². The number of anilines is 3. The van der Waals surface area contributed by atoms with Gasteiger partial charge in [-0.25, -0.2) is 0 Å². The van der Waals surface area contributed by atoms with Crippen LogP contribution < -0.4 is 16.4 Å². The maximum atomic E-state index is 12.1.